The highest BCUT2D eigenvalue weighted by Gasteiger charge is 2.40. The second-order valence-electron chi connectivity index (χ2n) is 4.01. The lowest BCUT2D eigenvalue weighted by Gasteiger charge is -2.14. The van der Waals surface area contributed by atoms with Crippen molar-refractivity contribution in [2.75, 3.05) is 6.61 Å². The van der Waals surface area contributed by atoms with Crippen LogP contribution in [0.5, 0.6) is 0 Å². The van der Waals surface area contributed by atoms with E-state index in [4.69, 9.17) is 4.74 Å². The van der Waals surface area contributed by atoms with Gasteiger partial charge in [0.05, 0.1) is 11.6 Å². The molecule has 0 saturated carbocycles. The summed E-state index contributed by atoms with van der Waals surface area (Å²) in [5.74, 6) is -1.21. The van der Waals surface area contributed by atoms with Crippen LogP contribution in [0.2, 0.25) is 0 Å². The number of hydrogen-bond acceptors (Lipinski definition) is 5. The summed E-state index contributed by atoms with van der Waals surface area (Å²) >= 11 is 0. The van der Waals surface area contributed by atoms with Crippen molar-refractivity contribution in [2.24, 2.45) is 0 Å². The predicted octanol–water partition coefficient (Wildman–Crippen LogP) is -0.936. The van der Waals surface area contributed by atoms with Gasteiger partial charge in [-0.25, -0.2) is 4.79 Å². The lowest BCUT2D eigenvalue weighted by atomic mass is 10.1. The van der Waals surface area contributed by atoms with Gasteiger partial charge in [-0.2, -0.15) is 0 Å². The third-order valence-electron chi connectivity index (χ3n) is 2.74. The number of rotatable bonds is 3. The summed E-state index contributed by atoms with van der Waals surface area (Å²) in [6, 6.07) is 7.59. The third kappa shape index (κ3) is 2.49. The molecule has 3 unspecified atom stereocenters. The minimum atomic E-state index is -1.47. The molecular formula is C12H13NO5. The molecular weight excluding hydrogens is 238 g/mol. The third-order valence-corrected chi connectivity index (χ3v) is 2.74. The minimum Gasteiger partial charge on any atom is -0.460 e. The number of benzene rings is 1. The van der Waals surface area contributed by atoms with Crippen molar-refractivity contribution in [1.29, 1.82) is 0 Å². The van der Waals surface area contributed by atoms with Crippen molar-refractivity contribution < 1.29 is 24.5 Å². The molecule has 1 heterocycles. The normalized spacial score (nSPS) is 26.8. The Kier molecular flexibility index (Phi) is 3.59. The zero-order valence-corrected chi connectivity index (χ0v) is 9.45. The topological polar surface area (TPSA) is 95.9 Å². The number of aliphatic hydroxyl groups is 2. The van der Waals surface area contributed by atoms with Gasteiger partial charge in [-0.05, 0) is 12.1 Å². The zero-order chi connectivity index (χ0) is 13.1. The highest BCUT2D eigenvalue weighted by Crippen LogP contribution is 2.10. The first kappa shape index (κ1) is 12.5. The Bertz CT molecular complexity index is 447. The average Bonchev–Trinajstić information content (AvgIpc) is 2.64. The zero-order valence-electron chi connectivity index (χ0n) is 9.45. The molecule has 1 aromatic rings. The first-order chi connectivity index (χ1) is 8.59. The molecule has 96 valence electrons. The molecule has 1 saturated heterocycles. The number of carbonyl (C=O) groups excluding carboxylic acids is 2. The van der Waals surface area contributed by atoms with Crippen LogP contribution in [-0.4, -0.2) is 46.9 Å². The fourth-order valence-electron chi connectivity index (χ4n) is 1.69. The lowest BCUT2D eigenvalue weighted by molar-refractivity contribution is -0.128. The van der Waals surface area contributed by atoms with Gasteiger partial charge in [-0.1, -0.05) is 18.2 Å². The molecule has 0 radical (unpaired) electrons. The maximum Gasteiger partial charge on any atom is 0.338 e. The molecule has 0 bridgehead atoms. The number of amides is 1. The standard InChI is InChI=1S/C12H13NO5/c14-9-8(13-11(16)10(9)15)6-18-12(17)7-4-2-1-3-5-7/h1-5,8-10,14-15H,6H2,(H,13,16). The van der Waals surface area contributed by atoms with Gasteiger partial charge in [0.1, 0.15) is 12.7 Å². The van der Waals surface area contributed by atoms with Gasteiger partial charge in [0.25, 0.3) is 5.91 Å². The van der Waals surface area contributed by atoms with E-state index in [-0.39, 0.29) is 6.61 Å². The van der Waals surface area contributed by atoms with Crippen LogP contribution in [0.15, 0.2) is 30.3 Å². The van der Waals surface area contributed by atoms with Gasteiger partial charge in [0.15, 0.2) is 6.10 Å². The van der Waals surface area contributed by atoms with E-state index in [2.05, 4.69) is 5.32 Å². The summed E-state index contributed by atoms with van der Waals surface area (Å²) in [4.78, 5) is 22.6. The maximum atomic E-state index is 11.6. The van der Waals surface area contributed by atoms with Crippen LogP contribution in [0.3, 0.4) is 0 Å². The van der Waals surface area contributed by atoms with Crippen molar-refractivity contribution in [3.63, 3.8) is 0 Å². The lowest BCUT2D eigenvalue weighted by Crippen LogP contribution is -2.37. The molecule has 3 atom stereocenters. The van der Waals surface area contributed by atoms with Crippen LogP contribution >= 0.6 is 0 Å². The number of ether oxygens (including phenoxy) is 1. The summed E-state index contributed by atoms with van der Waals surface area (Å²) in [6.45, 7) is -0.183. The van der Waals surface area contributed by atoms with Crippen molar-refractivity contribution in [3.05, 3.63) is 35.9 Å². The second-order valence-corrected chi connectivity index (χ2v) is 4.01. The van der Waals surface area contributed by atoms with Crippen LogP contribution in [0, 0.1) is 0 Å². The molecule has 2 rings (SSSR count). The molecule has 1 amide bonds. The van der Waals surface area contributed by atoms with Gasteiger partial charge in [-0.3, -0.25) is 4.79 Å². The van der Waals surface area contributed by atoms with Crippen LogP contribution in [0.4, 0.5) is 0 Å². The number of esters is 1. The van der Waals surface area contributed by atoms with E-state index in [9.17, 15) is 19.8 Å². The Labute approximate surface area is 103 Å². The Morgan fingerprint density at radius 1 is 1.28 bits per heavy atom. The predicted molar refractivity (Wildman–Crippen MR) is 60.7 cm³/mol. The number of carbonyl (C=O) groups is 2. The van der Waals surface area contributed by atoms with Gasteiger partial charge in [0.2, 0.25) is 0 Å². The van der Waals surface area contributed by atoms with Crippen molar-refractivity contribution in [2.45, 2.75) is 18.2 Å². The van der Waals surface area contributed by atoms with E-state index in [1.807, 2.05) is 0 Å². The summed E-state index contributed by atoms with van der Waals surface area (Å²) in [5.41, 5.74) is 0.386. The highest BCUT2D eigenvalue weighted by molar-refractivity contribution is 5.89. The van der Waals surface area contributed by atoms with E-state index >= 15 is 0 Å². The second kappa shape index (κ2) is 5.16. The van der Waals surface area contributed by atoms with E-state index in [0.717, 1.165) is 0 Å². The van der Waals surface area contributed by atoms with E-state index in [1.54, 1.807) is 30.3 Å². The Morgan fingerprint density at radius 3 is 2.50 bits per heavy atom. The SMILES string of the molecule is O=C(OCC1NC(=O)C(O)C1O)c1ccccc1. The Hall–Kier alpha value is -1.92. The van der Waals surface area contributed by atoms with Crippen molar-refractivity contribution >= 4 is 11.9 Å². The molecule has 1 aliphatic heterocycles. The van der Waals surface area contributed by atoms with Crippen LogP contribution < -0.4 is 5.32 Å². The first-order valence-corrected chi connectivity index (χ1v) is 5.48. The number of hydrogen-bond donors (Lipinski definition) is 3. The van der Waals surface area contributed by atoms with Crippen LogP contribution in [0.1, 0.15) is 10.4 Å². The molecule has 1 aliphatic rings. The van der Waals surface area contributed by atoms with Gasteiger partial charge < -0.3 is 20.3 Å². The van der Waals surface area contributed by atoms with Crippen LogP contribution in [-0.2, 0) is 9.53 Å². The molecule has 18 heavy (non-hydrogen) atoms. The van der Waals surface area contributed by atoms with Gasteiger partial charge in [-0.15, -0.1) is 0 Å². The maximum absolute atomic E-state index is 11.6. The molecule has 0 aliphatic carbocycles. The fraction of sp³-hybridized carbons (Fsp3) is 0.333. The number of aliphatic hydroxyl groups excluding tert-OH is 2. The van der Waals surface area contributed by atoms with Crippen LogP contribution in [0.25, 0.3) is 0 Å². The van der Waals surface area contributed by atoms with E-state index in [0.29, 0.717) is 5.56 Å². The molecule has 1 aromatic carbocycles. The van der Waals surface area contributed by atoms with E-state index < -0.39 is 30.1 Å². The minimum absolute atomic E-state index is 0.183. The quantitative estimate of drug-likeness (QED) is 0.603. The Morgan fingerprint density at radius 2 is 1.94 bits per heavy atom. The summed E-state index contributed by atoms with van der Waals surface area (Å²) in [6.07, 6.45) is -2.73. The van der Waals surface area contributed by atoms with Gasteiger partial charge >= 0.3 is 5.97 Å². The molecule has 0 aromatic heterocycles. The summed E-state index contributed by atoms with van der Waals surface area (Å²) in [7, 11) is 0. The van der Waals surface area contributed by atoms with Gasteiger partial charge in [0, 0.05) is 0 Å². The smallest absolute Gasteiger partial charge is 0.338 e. The van der Waals surface area contributed by atoms with Crippen molar-refractivity contribution in [3.8, 4) is 0 Å². The highest BCUT2D eigenvalue weighted by atomic mass is 16.5. The molecule has 6 heteroatoms. The number of nitrogens with one attached hydrogen (secondary N) is 1. The average molecular weight is 251 g/mol. The molecule has 1 fully saturated rings. The monoisotopic (exact) mass is 251 g/mol. The van der Waals surface area contributed by atoms with E-state index in [1.165, 1.54) is 0 Å². The molecule has 0 spiro atoms. The summed E-state index contributed by atoms with van der Waals surface area (Å²) < 4.78 is 4.95. The molecule has 3 N–H and O–H groups in total. The largest absolute Gasteiger partial charge is 0.460 e. The summed E-state index contributed by atoms with van der Waals surface area (Å²) in [5, 5.41) is 21.0. The van der Waals surface area contributed by atoms with Crippen molar-refractivity contribution in [1.82, 2.24) is 5.32 Å². The molecule has 6 nitrogen and oxygen atoms in total. The Balaban J connectivity index is 1.89. The first-order valence-electron chi connectivity index (χ1n) is 5.48. The fourth-order valence-corrected chi connectivity index (χ4v) is 1.69.